The lowest BCUT2D eigenvalue weighted by Gasteiger charge is -2.30. The predicted octanol–water partition coefficient (Wildman–Crippen LogP) is 4.67. The smallest absolute Gasteiger partial charge is 0.245 e. The summed E-state index contributed by atoms with van der Waals surface area (Å²) in [7, 11) is -2.36. The Bertz CT molecular complexity index is 1260. The Labute approximate surface area is 198 Å². The highest BCUT2D eigenvalue weighted by atomic mass is 32.2. The number of anilines is 1. The summed E-state index contributed by atoms with van der Waals surface area (Å²) >= 11 is 0. The van der Waals surface area contributed by atoms with E-state index in [0.29, 0.717) is 35.8 Å². The number of halogens is 1. The predicted molar refractivity (Wildman–Crippen MR) is 126 cm³/mol. The van der Waals surface area contributed by atoms with E-state index in [1.807, 2.05) is 12.1 Å². The van der Waals surface area contributed by atoms with Crippen molar-refractivity contribution < 1.29 is 27.1 Å². The molecule has 1 aliphatic heterocycles. The lowest BCUT2D eigenvalue weighted by molar-refractivity contribution is -0.120. The van der Waals surface area contributed by atoms with E-state index in [1.165, 1.54) is 22.5 Å². The van der Waals surface area contributed by atoms with Gasteiger partial charge < -0.3 is 14.8 Å². The van der Waals surface area contributed by atoms with E-state index >= 15 is 0 Å². The minimum atomic E-state index is -3.93. The maximum absolute atomic E-state index is 14.0. The molecule has 0 saturated carbocycles. The number of para-hydroxylation sites is 2. The number of nitrogens with zero attached hydrogens (tertiary/aromatic N) is 1. The number of amides is 1. The monoisotopic (exact) mass is 484 g/mol. The number of carbonyl (C=O) groups excluding carboxylic acids is 1. The summed E-state index contributed by atoms with van der Waals surface area (Å²) in [6.45, 7) is 0.306. The maximum atomic E-state index is 14.0. The van der Waals surface area contributed by atoms with Gasteiger partial charge in [0.2, 0.25) is 15.9 Å². The Morgan fingerprint density at radius 3 is 2.21 bits per heavy atom. The topological polar surface area (TPSA) is 84.9 Å². The van der Waals surface area contributed by atoms with Gasteiger partial charge in [-0.25, -0.2) is 12.8 Å². The summed E-state index contributed by atoms with van der Waals surface area (Å²) in [4.78, 5) is 12.4. The van der Waals surface area contributed by atoms with Crippen LogP contribution in [-0.4, -0.2) is 38.8 Å². The van der Waals surface area contributed by atoms with Crippen molar-refractivity contribution in [2.45, 2.75) is 17.7 Å². The van der Waals surface area contributed by atoms with Gasteiger partial charge in [0.25, 0.3) is 0 Å². The molecule has 7 nitrogen and oxygen atoms in total. The fourth-order valence-electron chi connectivity index (χ4n) is 3.83. The van der Waals surface area contributed by atoms with E-state index in [-0.39, 0.29) is 29.8 Å². The van der Waals surface area contributed by atoms with E-state index in [1.54, 1.807) is 43.5 Å². The lowest BCUT2D eigenvalue weighted by Crippen LogP contribution is -2.41. The number of benzene rings is 3. The zero-order chi connectivity index (χ0) is 24.1. The Balaban J connectivity index is 1.33. The fraction of sp³-hybridized carbons (Fsp3) is 0.240. The molecule has 3 aromatic carbocycles. The van der Waals surface area contributed by atoms with Crippen molar-refractivity contribution >= 4 is 21.6 Å². The zero-order valence-corrected chi connectivity index (χ0v) is 19.4. The van der Waals surface area contributed by atoms with Crippen LogP contribution in [0.1, 0.15) is 12.8 Å². The molecule has 1 fully saturated rings. The van der Waals surface area contributed by atoms with Crippen LogP contribution in [-0.2, 0) is 14.8 Å². The minimum absolute atomic E-state index is 0.153. The number of carbonyl (C=O) groups is 1. The van der Waals surface area contributed by atoms with Crippen LogP contribution in [0.15, 0.2) is 77.7 Å². The maximum Gasteiger partial charge on any atom is 0.245 e. The molecule has 0 bridgehead atoms. The molecule has 1 saturated heterocycles. The van der Waals surface area contributed by atoms with Crippen LogP contribution < -0.4 is 14.8 Å². The number of hydrogen-bond donors (Lipinski definition) is 1. The molecule has 34 heavy (non-hydrogen) atoms. The average molecular weight is 485 g/mol. The van der Waals surface area contributed by atoms with E-state index < -0.39 is 15.8 Å². The number of methoxy groups -OCH3 is 1. The van der Waals surface area contributed by atoms with Crippen LogP contribution in [0.25, 0.3) is 0 Å². The van der Waals surface area contributed by atoms with Crippen molar-refractivity contribution in [2.75, 3.05) is 25.5 Å². The van der Waals surface area contributed by atoms with E-state index in [0.717, 1.165) is 6.07 Å². The molecule has 0 spiro atoms. The van der Waals surface area contributed by atoms with Gasteiger partial charge in [0.1, 0.15) is 16.5 Å². The number of sulfonamides is 1. The van der Waals surface area contributed by atoms with E-state index in [9.17, 15) is 17.6 Å². The fourth-order valence-corrected chi connectivity index (χ4v) is 5.37. The van der Waals surface area contributed by atoms with Gasteiger partial charge in [-0.1, -0.05) is 24.3 Å². The molecule has 0 atom stereocenters. The molecule has 1 N–H and O–H groups in total. The largest absolute Gasteiger partial charge is 0.493 e. The first-order valence-electron chi connectivity index (χ1n) is 10.8. The molecular weight excluding hydrogens is 459 g/mol. The second-order valence-electron chi connectivity index (χ2n) is 7.88. The summed E-state index contributed by atoms with van der Waals surface area (Å²) in [6.07, 6.45) is 0.711. The Morgan fingerprint density at radius 1 is 0.941 bits per heavy atom. The number of piperidine rings is 1. The standard InChI is InChI=1S/C25H25FN2O5S/c1-32-22-7-3-4-8-23(22)33-20-12-10-19(11-13-20)27-25(29)18-14-16-28(17-15-18)34(30,31)24-9-5-2-6-21(24)26/h2-13,18H,14-17H2,1H3,(H,27,29). The van der Waals surface area contributed by atoms with Gasteiger partial charge in [0.15, 0.2) is 11.5 Å². The van der Waals surface area contributed by atoms with Crippen LogP contribution >= 0.6 is 0 Å². The molecule has 1 aliphatic rings. The number of hydrogen-bond acceptors (Lipinski definition) is 5. The van der Waals surface area contributed by atoms with Gasteiger partial charge in [-0.05, 0) is 61.4 Å². The highest BCUT2D eigenvalue weighted by Gasteiger charge is 2.33. The molecule has 0 aromatic heterocycles. The molecule has 3 aromatic rings. The number of nitrogens with one attached hydrogen (secondary N) is 1. The van der Waals surface area contributed by atoms with Gasteiger partial charge in [0, 0.05) is 24.7 Å². The van der Waals surface area contributed by atoms with Crippen LogP contribution in [0.4, 0.5) is 10.1 Å². The second-order valence-corrected chi connectivity index (χ2v) is 9.78. The lowest BCUT2D eigenvalue weighted by atomic mass is 9.97. The summed E-state index contributed by atoms with van der Waals surface area (Å²) in [5.41, 5.74) is 0.610. The summed E-state index contributed by atoms with van der Waals surface area (Å²) in [6, 6.07) is 19.6. The van der Waals surface area contributed by atoms with Crippen molar-refractivity contribution in [3.8, 4) is 17.2 Å². The van der Waals surface area contributed by atoms with E-state index in [2.05, 4.69) is 5.32 Å². The average Bonchev–Trinajstić information content (AvgIpc) is 2.86. The third kappa shape index (κ3) is 5.21. The van der Waals surface area contributed by atoms with Gasteiger partial charge in [-0.15, -0.1) is 0 Å². The Morgan fingerprint density at radius 2 is 1.56 bits per heavy atom. The minimum Gasteiger partial charge on any atom is -0.493 e. The van der Waals surface area contributed by atoms with Crippen LogP contribution in [0, 0.1) is 11.7 Å². The molecule has 1 amide bonds. The Kier molecular flexibility index (Phi) is 7.14. The SMILES string of the molecule is COc1ccccc1Oc1ccc(NC(=O)C2CCN(S(=O)(=O)c3ccccc3F)CC2)cc1. The summed E-state index contributed by atoms with van der Waals surface area (Å²) < 4.78 is 51.8. The van der Waals surface area contributed by atoms with Crippen LogP contribution in [0.5, 0.6) is 17.2 Å². The second kappa shape index (κ2) is 10.2. The molecule has 4 rings (SSSR count). The first-order valence-corrected chi connectivity index (χ1v) is 12.3. The normalized spacial score (nSPS) is 15.0. The molecule has 178 valence electrons. The molecule has 9 heteroatoms. The third-order valence-corrected chi connectivity index (χ3v) is 7.63. The first kappa shape index (κ1) is 23.7. The van der Waals surface area contributed by atoms with Crippen molar-refractivity contribution in [1.82, 2.24) is 4.31 Å². The molecular formula is C25H25FN2O5S. The molecule has 0 aliphatic carbocycles. The Hall–Kier alpha value is -3.43. The van der Waals surface area contributed by atoms with Crippen molar-refractivity contribution in [2.24, 2.45) is 5.92 Å². The van der Waals surface area contributed by atoms with Crippen molar-refractivity contribution in [1.29, 1.82) is 0 Å². The number of rotatable bonds is 7. The quantitative estimate of drug-likeness (QED) is 0.527. The molecule has 0 radical (unpaired) electrons. The van der Waals surface area contributed by atoms with Gasteiger partial charge in [-0.3, -0.25) is 4.79 Å². The van der Waals surface area contributed by atoms with E-state index in [4.69, 9.17) is 9.47 Å². The third-order valence-electron chi connectivity index (χ3n) is 5.70. The van der Waals surface area contributed by atoms with Gasteiger partial charge in [-0.2, -0.15) is 4.31 Å². The summed E-state index contributed by atoms with van der Waals surface area (Å²) in [5.74, 6) is 0.495. The van der Waals surface area contributed by atoms with Crippen LogP contribution in [0.3, 0.4) is 0 Å². The van der Waals surface area contributed by atoms with Crippen molar-refractivity contribution in [3.05, 3.63) is 78.6 Å². The van der Waals surface area contributed by atoms with Gasteiger partial charge in [0.05, 0.1) is 7.11 Å². The molecule has 1 heterocycles. The highest BCUT2D eigenvalue weighted by molar-refractivity contribution is 7.89. The summed E-state index contributed by atoms with van der Waals surface area (Å²) in [5, 5.41) is 2.87. The molecule has 0 unspecified atom stereocenters. The zero-order valence-electron chi connectivity index (χ0n) is 18.6. The van der Waals surface area contributed by atoms with Crippen LogP contribution in [0.2, 0.25) is 0 Å². The van der Waals surface area contributed by atoms with Crippen molar-refractivity contribution in [3.63, 3.8) is 0 Å². The highest BCUT2D eigenvalue weighted by Crippen LogP contribution is 2.31. The first-order chi connectivity index (χ1) is 16.4. The number of ether oxygens (including phenoxy) is 2. The van der Waals surface area contributed by atoms with Gasteiger partial charge >= 0.3 is 0 Å².